The molecule has 3 aromatic rings. The quantitative estimate of drug-likeness (QED) is 0.808. The van der Waals surface area contributed by atoms with Gasteiger partial charge in [-0.3, -0.25) is 9.67 Å². The monoisotopic (exact) mass is 301 g/mol. The highest BCUT2D eigenvalue weighted by atomic mass is 35.5. The van der Waals surface area contributed by atoms with Crippen molar-refractivity contribution in [1.82, 2.24) is 14.8 Å². The Morgan fingerprint density at radius 3 is 2.71 bits per heavy atom. The number of halogens is 1. The summed E-state index contributed by atoms with van der Waals surface area (Å²) in [6, 6.07) is 11.9. The van der Waals surface area contributed by atoms with Crippen LogP contribution in [0.5, 0.6) is 0 Å². The largest absolute Gasteiger partial charge is 0.388 e. The zero-order valence-electron chi connectivity index (χ0n) is 11.9. The van der Waals surface area contributed by atoms with Gasteiger partial charge in [-0.25, -0.2) is 0 Å². The summed E-state index contributed by atoms with van der Waals surface area (Å²) in [6.45, 7) is 1.85. The van der Waals surface area contributed by atoms with E-state index in [1.54, 1.807) is 11.7 Å². The van der Waals surface area contributed by atoms with Crippen LogP contribution in [0.15, 0.2) is 36.4 Å². The van der Waals surface area contributed by atoms with Crippen molar-refractivity contribution in [3.05, 3.63) is 58.5 Å². The van der Waals surface area contributed by atoms with Gasteiger partial charge in [0.1, 0.15) is 5.15 Å². The summed E-state index contributed by atoms with van der Waals surface area (Å²) in [5.41, 5.74) is 3.18. The molecule has 0 amide bonds. The number of nitrogens with zero attached hydrogens (tertiary/aromatic N) is 3. The predicted octanol–water partition coefficient (Wildman–Crippen LogP) is 3.21. The van der Waals surface area contributed by atoms with E-state index < -0.39 is 6.10 Å². The van der Waals surface area contributed by atoms with Crippen molar-refractivity contribution < 1.29 is 5.11 Å². The number of aryl methyl sites for hydroxylation is 2. The molecule has 108 valence electrons. The Hall–Kier alpha value is -1.91. The molecule has 0 aliphatic heterocycles. The molecule has 0 radical (unpaired) electrons. The summed E-state index contributed by atoms with van der Waals surface area (Å²) in [4.78, 5) is 4.58. The van der Waals surface area contributed by atoms with Crippen molar-refractivity contribution in [3.8, 4) is 0 Å². The second kappa shape index (κ2) is 5.47. The Labute approximate surface area is 128 Å². The van der Waals surface area contributed by atoms with Gasteiger partial charge in [-0.2, -0.15) is 5.10 Å². The van der Waals surface area contributed by atoms with Crippen LogP contribution in [0.2, 0.25) is 5.15 Å². The normalized spacial score (nSPS) is 12.8. The standard InChI is InChI=1S/C16H16ClN3O/c1-10-15(16(17)20(2)19-10)14(21)9-12-8-7-11-5-3-4-6-13(11)18-12/h3-8,14,21H,9H2,1-2H3. The number of aromatic nitrogens is 3. The van der Waals surface area contributed by atoms with Crippen molar-refractivity contribution >= 4 is 22.5 Å². The molecule has 1 atom stereocenters. The summed E-state index contributed by atoms with van der Waals surface area (Å²) < 4.78 is 1.57. The van der Waals surface area contributed by atoms with Gasteiger partial charge in [0.05, 0.1) is 17.3 Å². The van der Waals surface area contributed by atoms with Gasteiger partial charge in [0, 0.05) is 30.1 Å². The van der Waals surface area contributed by atoms with E-state index in [1.165, 1.54) is 0 Å². The molecule has 0 bridgehead atoms. The number of hydrogen-bond donors (Lipinski definition) is 1. The second-order valence-electron chi connectivity index (χ2n) is 5.13. The highest BCUT2D eigenvalue weighted by molar-refractivity contribution is 6.30. The Kier molecular flexibility index (Phi) is 3.66. The van der Waals surface area contributed by atoms with Gasteiger partial charge in [0.15, 0.2) is 0 Å². The summed E-state index contributed by atoms with van der Waals surface area (Å²) >= 11 is 6.19. The van der Waals surface area contributed by atoms with E-state index in [2.05, 4.69) is 10.1 Å². The number of para-hydroxylation sites is 1. The summed E-state index contributed by atoms with van der Waals surface area (Å²) in [5, 5.41) is 16.2. The minimum absolute atomic E-state index is 0.414. The number of hydrogen-bond acceptors (Lipinski definition) is 3. The number of fused-ring (bicyclic) bond motifs is 1. The number of aliphatic hydroxyl groups is 1. The van der Waals surface area contributed by atoms with Crippen LogP contribution in [0.3, 0.4) is 0 Å². The molecule has 0 saturated heterocycles. The highest BCUT2D eigenvalue weighted by Crippen LogP contribution is 2.28. The van der Waals surface area contributed by atoms with E-state index >= 15 is 0 Å². The molecule has 0 saturated carbocycles. The number of benzene rings is 1. The lowest BCUT2D eigenvalue weighted by molar-refractivity contribution is 0.176. The Morgan fingerprint density at radius 2 is 2.00 bits per heavy atom. The lowest BCUT2D eigenvalue weighted by Crippen LogP contribution is -2.05. The summed E-state index contributed by atoms with van der Waals surface area (Å²) in [5.74, 6) is 0. The van der Waals surface area contributed by atoms with Crippen LogP contribution in [0.25, 0.3) is 10.9 Å². The maximum atomic E-state index is 10.4. The van der Waals surface area contributed by atoms with Crippen LogP contribution in [0.4, 0.5) is 0 Å². The van der Waals surface area contributed by atoms with Gasteiger partial charge in [0.25, 0.3) is 0 Å². The average Bonchev–Trinajstić information content (AvgIpc) is 2.72. The fourth-order valence-electron chi connectivity index (χ4n) is 2.55. The van der Waals surface area contributed by atoms with Crippen molar-refractivity contribution in [2.45, 2.75) is 19.4 Å². The molecule has 2 aromatic heterocycles. The third-order valence-corrected chi connectivity index (χ3v) is 4.04. The maximum Gasteiger partial charge on any atom is 0.132 e. The molecular formula is C16H16ClN3O. The fourth-order valence-corrected chi connectivity index (χ4v) is 2.85. The molecule has 0 aliphatic rings. The lowest BCUT2D eigenvalue weighted by Gasteiger charge is -2.11. The van der Waals surface area contributed by atoms with E-state index in [1.807, 2.05) is 43.3 Å². The van der Waals surface area contributed by atoms with E-state index in [9.17, 15) is 5.11 Å². The van der Waals surface area contributed by atoms with E-state index in [0.29, 0.717) is 17.1 Å². The average molecular weight is 302 g/mol. The maximum absolute atomic E-state index is 10.4. The van der Waals surface area contributed by atoms with Crippen molar-refractivity contribution in [2.75, 3.05) is 0 Å². The molecule has 1 N–H and O–H groups in total. The zero-order chi connectivity index (χ0) is 15.0. The number of aliphatic hydroxyl groups excluding tert-OH is 1. The van der Waals surface area contributed by atoms with Crippen molar-refractivity contribution in [1.29, 1.82) is 0 Å². The van der Waals surface area contributed by atoms with Crippen LogP contribution in [-0.2, 0) is 13.5 Å². The molecule has 3 rings (SSSR count). The highest BCUT2D eigenvalue weighted by Gasteiger charge is 2.20. The van der Waals surface area contributed by atoms with Gasteiger partial charge in [-0.15, -0.1) is 0 Å². The van der Waals surface area contributed by atoms with Gasteiger partial charge < -0.3 is 5.11 Å². The molecule has 1 unspecified atom stereocenters. The third kappa shape index (κ3) is 2.64. The lowest BCUT2D eigenvalue weighted by atomic mass is 10.0. The molecular weight excluding hydrogens is 286 g/mol. The van der Waals surface area contributed by atoms with Crippen molar-refractivity contribution in [2.24, 2.45) is 7.05 Å². The van der Waals surface area contributed by atoms with Gasteiger partial charge in [0.2, 0.25) is 0 Å². The van der Waals surface area contributed by atoms with Gasteiger partial charge in [-0.1, -0.05) is 35.9 Å². The van der Waals surface area contributed by atoms with E-state index in [-0.39, 0.29) is 0 Å². The first-order chi connectivity index (χ1) is 10.1. The Morgan fingerprint density at radius 1 is 1.24 bits per heavy atom. The summed E-state index contributed by atoms with van der Waals surface area (Å²) in [6.07, 6.45) is -0.295. The molecule has 4 nitrogen and oxygen atoms in total. The predicted molar refractivity (Wildman–Crippen MR) is 83.4 cm³/mol. The molecule has 0 spiro atoms. The Bertz CT molecular complexity index is 797. The molecule has 2 heterocycles. The molecule has 0 aliphatic carbocycles. The minimum Gasteiger partial charge on any atom is -0.388 e. The molecule has 0 fully saturated rings. The van der Waals surface area contributed by atoms with Gasteiger partial charge >= 0.3 is 0 Å². The third-order valence-electron chi connectivity index (χ3n) is 3.59. The smallest absolute Gasteiger partial charge is 0.132 e. The first kappa shape index (κ1) is 14.0. The van der Waals surface area contributed by atoms with Gasteiger partial charge in [-0.05, 0) is 19.1 Å². The minimum atomic E-state index is -0.708. The topological polar surface area (TPSA) is 50.9 Å². The zero-order valence-corrected chi connectivity index (χ0v) is 12.7. The van der Waals surface area contributed by atoms with Crippen LogP contribution in [0, 0.1) is 6.92 Å². The van der Waals surface area contributed by atoms with Crippen LogP contribution in [0.1, 0.15) is 23.1 Å². The SMILES string of the molecule is Cc1nn(C)c(Cl)c1C(O)Cc1ccc2ccccc2n1. The van der Waals surface area contributed by atoms with Crippen LogP contribution < -0.4 is 0 Å². The van der Waals surface area contributed by atoms with Crippen molar-refractivity contribution in [3.63, 3.8) is 0 Å². The van der Waals surface area contributed by atoms with Crippen LogP contribution in [-0.4, -0.2) is 19.9 Å². The van der Waals surface area contributed by atoms with E-state index in [4.69, 9.17) is 11.6 Å². The van der Waals surface area contributed by atoms with Crippen LogP contribution >= 0.6 is 11.6 Å². The first-order valence-corrected chi connectivity index (χ1v) is 7.16. The molecule has 21 heavy (non-hydrogen) atoms. The second-order valence-corrected chi connectivity index (χ2v) is 5.49. The molecule has 5 heteroatoms. The van der Waals surface area contributed by atoms with E-state index in [0.717, 1.165) is 22.3 Å². The fraction of sp³-hybridized carbons (Fsp3) is 0.250. The number of rotatable bonds is 3. The first-order valence-electron chi connectivity index (χ1n) is 6.78. The molecule has 1 aromatic carbocycles. The summed E-state index contributed by atoms with van der Waals surface area (Å²) in [7, 11) is 1.76. The number of pyridine rings is 1. The Balaban J connectivity index is 1.90.